The standard InChI is InChI=1S/C11H13ClN2O4/c12-5-3-8-4-6-13(7-8)11(15)9-1-2-10(18-9)14(16)17/h1-2,8H,3-7H2. The normalized spacial score (nSPS) is 19.2. The van der Waals surface area contributed by atoms with Crippen LogP contribution in [0.15, 0.2) is 16.5 Å². The van der Waals surface area contributed by atoms with E-state index < -0.39 is 10.8 Å². The Hall–Kier alpha value is -1.56. The Morgan fingerprint density at radius 2 is 2.39 bits per heavy atom. The largest absolute Gasteiger partial charge is 0.433 e. The van der Waals surface area contributed by atoms with Crippen LogP contribution < -0.4 is 0 Å². The summed E-state index contributed by atoms with van der Waals surface area (Å²) in [5.74, 6) is 0.318. The minimum atomic E-state index is -0.656. The topological polar surface area (TPSA) is 76.6 Å². The van der Waals surface area contributed by atoms with Gasteiger partial charge in [0.2, 0.25) is 0 Å². The maximum absolute atomic E-state index is 12.0. The number of amides is 1. The minimum Gasteiger partial charge on any atom is -0.395 e. The number of alkyl halides is 1. The van der Waals surface area contributed by atoms with Crippen LogP contribution in [0.3, 0.4) is 0 Å². The highest BCUT2D eigenvalue weighted by molar-refractivity contribution is 6.17. The quantitative estimate of drug-likeness (QED) is 0.479. The molecule has 1 aliphatic rings. The van der Waals surface area contributed by atoms with Gasteiger partial charge in [0, 0.05) is 19.0 Å². The van der Waals surface area contributed by atoms with Crippen molar-refractivity contribution >= 4 is 23.4 Å². The number of carbonyl (C=O) groups excluding carboxylic acids is 1. The van der Waals surface area contributed by atoms with E-state index >= 15 is 0 Å². The van der Waals surface area contributed by atoms with Crippen molar-refractivity contribution in [3.8, 4) is 0 Å². The molecule has 18 heavy (non-hydrogen) atoms. The smallest absolute Gasteiger partial charge is 0.395 e. The molecule has 6 nitrogen and oxygen atoms in total. The van der Waals surface area contributed by atoms with Gasteiger partial charge in [0.25, 0.3) is 5.91 Å². The predicted molar refractivity (Wildman–Crippen MR) is 64.7 cm³/mol. The zero-order valence-corrected chi connectivity index (χ0v) is 10.4. The molecule has 7 heteroatoms. The summed E-state index contributed by atoms with van der Waals surface area (Å²) in [4.78, 5) is 23.5. The van der Waals surface area contributed by atoms with Crippen LogP contribution in [0.4, 0.5) is 5.88 Å². The molecule has 1 amide bonds. The molecule has 1 aromatic heterocycles. The monoisotopic (exact) mass is 272 g/mol. The van der Waals surface area contributed by atoms with E-state index in [9.17, 15) is 14.9 Å². The molecule has 0 aliphatic carbocycles. The number of furan rings is 1. The van der Waals surface area contributed by atoms with Gasteiger partial charge in [0.15, 0.2) is 5.76 Å². The van der Waals surface area contributed by atoms with E-state index in [1.54, 1.807) is 4.90 Å². The molecule has 1 fully saturated rings. The molecule has 1 atom stereocenters. The van der Waals surface area contributed by atoms with Crippen molar-refractivity contribution in [1.82, 2.24) is 4.90 Å². The van der Waals surface area contributed by atoms with Crippen molar-refractivity contribution in [1.29, 1.82) is 0 Å². The van der Waals surface area contributed by atoms with Crippen molar-refractivity contribution in [2.75, 3.05) is 19.0 Å². The Labute approximate surface area is 109 Å². The van der Waals surface area contributed by atoms with Crippen LogP contribution >= 0.6 is 11.6 Å². The zero-order chi connectivity index (χ0) is 13.1. The van der Waals surface area contributed by atoms with Gasteiger partial charge in [-0.3, -0.25) is 14.9 Å². The van der Waals surface area contributed by atoms with Crippen molar-refractivity contribution in [3.05, 3.63) is 28.0 Å². The summed E-state index contributed by atoms with van der Waals surface area (Å²) in [6, 6.07) is 2.54. The number of hydrogen-bond donors (Lipinski definition) is 0. The lowest BCUT2D eigenvalue weighted by Crippen LogP contribution is -2.28. The molecule has 0 N–H and O–H groups in total. The third-order valence-corrected chi connectivity index (χ3v) is 3.29. The summed E-state index contributed by atoms with van der Waals surface area (Å²) >= 11 is 5.67. The van der Waals surface area contributed by atoms with Gasteiger partial charge in [-0.05, 0) is 24.8 Å². The third-order valence-electron chi connectivity index (χ3n) is 3.07. The fourth-order valence-corrected chi connectivity index (χ4v) is 2.41. The van der Waals surface area contributed by atoms with Gasteiger partial charge >= 0.3 is 5.88 Å². The van der Waals surface area contributed by atoms with Gasteiger partial charge in [-0.2, -0.15) is 0 Å². The van der Waals surface area contributed by atoms with Crippen LogP contribution in [0.5, 0.6) is 0 Å². The Morgan fingerprint density at radius 3 is 3.00 bits per heavy atom. The fourth-order valence-electron chi connectivity index (χ4n) is 2.10. The van der Waals surface area contributed by atoms with Crippen molar-refractivity contribution < 1.29 is 14.1 Å². The molecule has 2 rings (SSSR count). The maximum Gasteiger partial charge on any atom is 0.433 e. The first kappa shape index (κ1) is 12.9. The van der Waals surface area contributed by atoms with E-state index in [-0.39, 0.29) is 11.7 Å². The number of rotatable bonds is 4. The van der Waals surface area contributed by atoms with Crippen molar-refractivity contribution in [3.63, 3.8) is 0 Å². The Balaban J connectivity index is 2.01. The highest BCUT2D eigenvalue weighted by atomic mass is 35.5. The molecule has 0 aromatic carbocycles. The second-order valence-corrected chi connectivity index (χ2v) is 4.66. The Kier molecular flexibility index (Phi) is 3.86. The van der Waals surface area contributed by atoms with Gasteiger partial charge < -0.3 is 9.32 Å². The minimum absolute atomic E-state index is 0.0215. The molecule has 2 heterocycles. The van der Waals surface area contributed by atoms with Crippen molar-refractivity contribution in [2.24, 2.45) is 5.92 Å². The highest BCUT2D eigenvalue weighted by Crippen LogP contribution is 2.23. The summed E-state index contributed by atoms with van der Waals surface area (Å²) in [5, 5.41) is 10.5. The van der Waals surface area contributed by atoms with Crippen LogP contribution in [0, 0.1) is 16.0 Å². The van der Waals surface area contributed by atoms with E-state index in [0.717, 1.165) is 12.8 Å². The fraction of sp³-hybridized carbons (Fsp3) is 0.545. The van der Waals surface area contributed by atoms with Crippen LogP contribution in [0.1, 0.15) is 23.4 Å². The number of nitrogens with zero attached hydrogens (tertiary/aromatic N) is 2. The third kappa shape index (κ3) is 2.64. The number of halogens is 1. The van der Waals surface area contributed by atoms with E-state index in [1.165, 1.54) is 12.1 Å². The number of nitro groups is 1. The Morgan fingerprint density at radius 1 is 1.61 bits per heavy atom. The molecule has 0 radical (unpaired) electrons. The van der Waals surface area contributed by atoms with Gasteiger partial charge in [-0.1, -0.05) is 0 Å². The zero-order valence-electron chi connectivity index (χ0n) is 9.67. The van der Waals surface area contributed by atoms with E-state index in [4.69, 9.17) is 16.0 Å². The summed E-state index contributed by atoms with van der Waals surface area (Å²) < 4.78 is 4.90. The van der Waals surface area contributed by atoms with Crippen LogP contribution in [-0.2, 0) is 0 Å². The molecular weight excluding hydrogens is 260 g/mol. The highest BCUT2D eigenvalue weighted by Gasteiger charge is 2.29. The van der Waals surface area contributed by atoms with E-state index in [2.05, 4.69) is 0 Å². The van der Waals surface area contributed by atoms with Gasteiger partial charge in [-0.25, -0.2) is 0 Å². The predicted octanol–water partition coefficient (Wildman–Crippen LogP) is 2.28. The summed E-state index contributed by atoms with van der Waals surface area (Å²) in [7, 11) is 0. The molecule has 1 unspecified atom stereocenters. The molecule has 1 aromatic rings. The van der Waals surface area contributed by atoms with E-state index in [1.807, 2.05) is 0 Å². The maximum atomic E-state index is 12.0. The average molecular weight is 273 g/mol. The van der Waals surface area contributed by atoms with Crippen LogP contribution in [0.2, 0.25) is 0 Å². The lowest BCUT2D eigenvalue weighted by Gasteiger charge is -2.14. The molecular formula is C11H13ClN2O4. The molecule has 0 spiro atoms. The first-order chi connectivity index (χ1) is 8.61. The van der Waals surface area contributed by atoms with E-state index in [0.29, 0.717) is 24.9 Å². The number of hydrogen-bond acceptors (Lipinski definition) is 4. The average Bonchev–Trinajstić information content (AvgIpc) is 2.97. The number of carbonyl (C=O) groups is 1. The molecule has 98 valence electrons. The molecule has 0 bridgehead atoms. The van der Waals surface area contributed by atoms with Gasteiger partial charge in [0.1, 0.15) is 4.92 Å². The van der Waals surface area contributed by atoms with Crippen molar-refractivity contribution in [2.45, 2.75) is 12.8 Å². The van der Waals surface area contributed by atoms with Crippen LogP contribution in [-0.4, -0.2) is 34.7 Å². The van der Waals surface area contributed by atoms with Crippen LogP contribution in [0.25, 0.3) is 0 Å². The second-order valence-electron chi connectivity index (χ2n) is 4.28. The Bertz CT molecular complexity index is 460. The first-order valence-corrected chi connectivity index (χ1v) is 6.24. The molecule has 1 aliphatic heterocycles. The first-order valence-electron chi connectivity index (χ1n) is 5.71. The molecule has 0 saturated carbocycles. The SMILES string of the molecule is O=C(c1ccc([N+](=O)[O-])o1)N1CCC(CCCl)C1. The lowest BCUT2D eigenvalue weighted by atomic mass is 10.1. The number of likely N-dealkylation sites (tertiary alicyclic amines) is 1. The van der Waals surface area contributed by atoms with Gasteiger partial charge in [-0.15, -0.1) is 11.6 Å². The lowest BCUT2D eigenvalue weighted by molar-refractivity contribution is -0.402. The second kappa shape index (κ2) is 5.39. The summed E-state index contributed by atoms with van der Waals surface area (Å²) in [6.07, 6.45) is 1.80. The molecule has 1 saturated heterocycles. The summed E-state index contributed by atoms with van der Waals surface area (Å²) in [6.45, 7) is 1.29. The summed E-state index contributed by atoms with van der Waals surface area (Å²) in [5.41, 5.74) is 0. The van der Waals surface area contributed by atoms with Gasteiger partial charge in [0.05, 0.1) is 6.07 Å².